The molecule has 0 aromatic heterocycles. The van der Waals surface area contributed by atoms with Crippen LogP contribution in [0, 0.1) is 17.8 Å². The second kappa shape index (κ2) is 5.13. The van der Waals surface area contributed by atoms with Crippen molar-refractivity contribution in [2.75, 3.05) is 11.9 Å². The summed E-state index contributed by atoms with van der Waals surface area (Å²) in [5.41, 5.74) is 3.57. The summed E-state index contributed by atoms with van der Waals surface area (Å²) in [6, 6.07) is 7.05. The minimum absolute atomic E-state index is 0.128. The van der Waals surface area contributed by atoms with Crippen molar-refractivity contribution in [3.8, 4) is 0 Å². The molecule has 0 bridgehead atoms. The van der Waals surface area contributed by atoms with Crippen LogP contribution in [0.4, 0.5) is 5.69 Å². The molecule has 2 aliphatic carbocycles. The molecule has 4 rings (SSSR count). The molecule has 21 heavy (non-hydrogen) atoms. The van der Waals surface area contributed by atoms with Gasteiger partial charge in [-0.25, -0.2) is 0 Å². The molecule has 3 unspecified atom stereocenters. The number of hydrogen-bond acceptors (Lipinski definition) is 2. The summed E-state index contributed by atoms with van der Waals surface area (Å²) in [7, 11) is 0. The summed E-state index contributed by atoms with van der Waals surface area (Å²) >= 11 is 0. The molecule has 0 spiro atoms. The lowest BCUT2D eigenvalue weighted by Gasteiger charge is -2.21. The van der Waals surface area contributed by atoms with Crippen molar-refractivity contribution in [1.29, 1.82) is 0 Å². The smallest absolute Gasteiger partial charge is 0.228 e. The molecule has 1 heterocycles. The first-order valence-corrected chi connectivity index (χ1v) is 8.44. The highest BCUT2D eigenvalue weighted by Crippen LogP contribution is 2.62. The van der Waals surface area contributed by atoms with Gasteiger partial charge in [-0.2, -0.15) is 0 Å². The second-order valence-electron chi connectivity index (χ2n) is 6.91. The first-order chi connectivity index (χ1) is 10.3. The number of hydrogen-bond donors (Lipinski definition) is 2. The van der Waals surface area contributed by atoms with Crippen LogP contribution in [0.5, 0.6) is 0 Å². The van der Waals surface area contributed by atoms with Crippen LogP contribution >= 0.6 is 0 Å². The number of amides is 1. The van der Waals surface area contributed by atoms with E-state index in [0.717, 1.165) is 30.0 Å². The second-order valence-corrected chi connectivity index (χ2v) is 6.91. The Morgan fingerprint density at radius 3 is 2.90 bits per heavy atom. The first kappa shape index (κ1) is 13.3. The zero-order valence-corrected chi connectivity index (χ0v) is 12.7. The number of fused-ring (bicyclic) bond motifs is 2. The van der Waals surface area contributed by atoms with Gasteiger partial charge in [0.05, 0.1) is 6.42 Å². The number of nitrogens with one attached hydrogen (secondary N) is 2. The summed E-state index contributed by atoms with van der Waals surface area (Å²) in [4.78, 5) is 11.5. The summed E-state index contributed by atoms with van der Waals surface area (Å²) in [6.45, 7) is 3.30. The molecule has 2 saturated carbocycles. The van der Waals surface area contributed by atoms with Gasteiger partial charge in [-0.3, -0.25) is 4.79 Å². The van der Waals surface area contributed by atoms with Crippen molar-refractivity contribution in [2.45, 2.75) is 45.1 Å². The molecule has 3 atom stereocenters. The minimum Gasteiger partial charge on any atom is -0.326 e. The van der Waals surface area contributed by atoms with E-state index in [0.29, 0.717) is 12.5 Å². The van der Waals surface area contributed by atoms with Gasteiger partial charge in [0.15, 0.2) is 0 Å². The van der Waals surface area contributed by atoms with Crippen LogP contribution in [0.3, 0.4) is 0 Å². The lowest BCUT2D eigenvalue weighted by Crippen LogP contribution is -2.25. The lowest BCUT2D eigenvalue weighted by molar-refractivity contribution is -0.115. The third-order valence-corrected chi connectivity index (χ3v) is 5.59. The quantitative estimate of drug-likeness (QED) is 0.871. The number of anilines is 1. The van der Waals surface area contributed by atoms with Crippen LogP contribution in [-0.4, -0.2) is 12.5 Å². The zero-order valence-electron chi connectivity index (χ0n) is 12.7. The molecule has 2 N–H and O–H groups in total. The maximum Gasteiger partial charge on any atom is 0.228 e. The van der Waals surface area contributed by atoms with Crippen LogP contribution in [0.15, 0.2) is 18.2 Å². The molecular formula is C18H24N2O. The molecule has 1 aliphatic heterocycles. The molecule has 1 aromatic rings. The van der Waals surface area contributed by atoms with E-state index in [9.17, 15) is 4.79 Å². The Morgan fingerprint density at radius 2 is 2.14 bits per heavy atom. The fourth-order valence-electron chi connectivity index (χ4n) is 4.59. The third kappa shape index (κ3) is 2.28. The first-order valence-electron chi connectivity index (χ1n) is 8.44. The number of carbonyl (C=O) groups is 1. The number of benzene rings is 1. The highest BCUT2D eigenvalue weighted by molar-refractivity contribution is 5.99. The van der Waals surface area contributed by atoms with Gasteiger partial charge in [0.25, 0.3) is 0 Å². The van der Waals surface area contributed by atoms with Gasteiger partial charge >= 0.3 is 0 Å². The molecule has 1 aromatic carbocycles. The Labute approximate surface area is 126 Å². The Kier molecular flexibility index (Phi) is 3.26. The molecule has 1 amide bonds. The standard InChI is InChI=1S/C18H24N2O/c1-2-8-19-18(17-13-4-3-5-14(13)17)11-6-7-15-12(9-11)10-16(21)20-15/h6-7,9,13-14,17-19H,2-5,8,10H2,1H3,(H,20,21). The van der Waals surface area contributed by atoms with E-state index >= 15 is 0 Å². The van der Waals surface area contributed by atoms with Gasteiger partial charge in [0.1, 0.15) is 0 Å². The van der Waals surface area contributed by atoms with E-state index in [2.05, 4.69) is 35.8 Å². The van der Waals surface area contributed by atoms with E-state index < -0.39 is 0 Å². The number of carbonyl (C=O) groups excluding carboxylic acids is 1. The van der Waals surface area contributed by atoms with E-state index in [1.807, 2.05) is 0 Å². The van der Waals surface area contributed by atoms with Crippen molar-refractivity contribution in [1.82, 2.24) is 5.32 Å². The highest BCUT2D eigenvalue weighted by Gasteiger charge is 2.55. The summed E-state index contributed by atoms with van der Waals surface area (Å²) in [5.74, 6) is 2.86. The fraction of sp³-hybridized carbons (Fsp3) is 0.611. The zero-order chi connectivity index (χ0) is 14.4. The maximum absolute atomic E-state index is 11.5. The average Bonchev–Trinajstić information content (AvgIpc) is 2.85. The van der Waals surface area contributed by atoms with Gasteiger partial charge in [0.2, 0.25) is 5.91 Å². The molecule has 0 radical (unpaired) electrons. The fourth-order valence-corrected chi connectivity index (χ4v) is 4.59. The molecule has 112 valence electrons. The number of rotatable bonds is 5. The molecule has 3 nitrogen and oxygen atoms in total. The highest BCUT2D eigenvalue weighted by atomic mass is 16.1. The third-order valence-electron chi connectivity index (χ3n) is 5.59. The summed E-state index contributed by atoms with van der Waals surface area (Å²) < 4.78 is 0. The molecule has 3 heteroatoms. The Bertz CT molecular complexity index is 558. The average molecular weight is 284 g/mol. The van der Waals surface area contributed by atoms with Crippen LogP contribution < -0.4 is 10.6 Å². The Hall–Kier alpha value is -1.35. The molecule has 0 saturated heterocycles. The van der Waals surface area contributed by atoms with Crippen LogP contribution in [0.1, 0.15) is 49.8 Å². The Balaban J connectivity index is 1.58. The van der Waals surface area contributed by atoms with Crippen molar-refractivity contribution < 1.29 is 4.79 Å². The van der Waals surface area contributed by atoms with Gasteiger partial charge in [0, 0.05) is 11.7 Å². The van der Waals surface area contributed by atoms with Crippen LogP contribution in [-0.2, 0) is 11.2 Å². The minimum atomic E-state index is 0.128. The monoisotopic (exact) mass is 284 g/mol. The predicted molar refractivity (Wildman–Crippen MR) is 84.1 cm³/mol. The van der Waals surface area contributed by atoms with E-state index in [1.165, 1.54) is 36.8 Å². The van der Waals surface area contributed by atoms with E-state index in [-0.39, 0.29) is 5.91 Å². The summed E-state index contributed by atoms with van der Waals surface area (Å²) in [5, 5.41) is 6.71. The van der Waals surface area contributed by atoms with Gasteiger partial charge in [-0.1, -0.05) is 25.5 Å². The lowest BCUT2D eigenvalue weighted by atomic mass is 9.94. The summed E-state index contributed by atoms with van der Waals surface area (Å²) in [6.07, 6.45) is 5.98. The van der Waals surface area contributed by atoms with Gasteiger partial charge < -0.3 is 10.6 Å². The topological polar surface area (TPSA) is 41.1 Å². The van der Waals surface area contributed by atoms with Crippen LogP contribution in [0.2, 0.25) is 0 Å². The van der Waals surface area contributed by atoms with Crippen molar-refractivity contribution >= 4 is 11.6 Å². The predicted octanol–water partition coefficient (Wildman–Crippen LogP) is 3.27. The van der Waals surface area contributed by atoms with Gasteiger partial charge in [-0.15, -0.1) is 0 Å². The molecule has 2 fully saturated rings. The van der Waals surface area contributed by atoms with Crippen molar-refractivity contribution in [2.24, 2.45) is 17.8 Å². The van der Waals surface area contributed by atoms with E-state index in [1.54, 1.807) is 0 Å². The van der Waals surface area contributed by atoms with E-state index in [4.69, 9.17) is 0 Å². The maximum atomic E-state index is 11.5. The van der Waals surface area contributed by atoms with Gasteiger partial charge in [-0.05, 0) is 60.8 Å². The van der Waals surface area contributed by atoms with Crippen LogP contribution in [0.25, 0.3) is 0 Å². The van der Waals surface area contributed by atoms with Crippen molar-refractivity contribution in [3.05, 3.63) is 29.3 Å². The largest absolute Gasteiger partial charge is 0.326 e. The Morgan fingerprint density at radius 1 is 1.33 bits per heavy atom. The molecular weight excluding hydrogens is 260 g/mol. The van der Waals surface area contributed by atoms with Crippen molar-refractivity contribution in [3.63, 3.8) is 0 Å². The molecule has 3 aliphatic rings. The normalized spacial score (nSPS) is 30.7. The SMILES string of the molecule is CCCNC(c1ccc2c(c1)CC(=O)N2)C1C2CCCC21.